The van der Waals surface area contributed by atoms with Crippen LogP contribution in [0, 0.1) is 12.8 Å². The second-order valence-corrected chi connectivity index (χ2v) is 9.87. The number of aryl methyl sites for hydroxylation is 1. The average molecular weight is 448 g/mol. The van der Waals surface area contributed by atoms with Crippen molar-refractivity contribution in [3.63, 3.8) is 0 Å². The quantitative estimate of drug-likeness (QED) is 0.479. The van der Waals surface area contributed by atoms with Gasteiger partial charge in [0, 0.05) is 36.3 Å². The summed E-state index contributed by atoms with van der Waals surface area (Å²) in [7, 11) is 0. The summed E-state index contributed by atoms with van der Waals surface area (Å²) in [5.74, 6) is 0.168. The van der Waals surface area contributed by atoms with Gasteiger partial charge in [-0.15, -0.1) is 0 Å². The van der Waals surface area contributed by atoms with Crippen LogP contribution >= 0.6 is 0 Å². The van der Waals surface area contributed by atoms with Crippen LogP contribution in [-0.4, -0.2) is 38.5 Å². The van der Waals surface area contributed by atoms with Crippen molar-refractivity contribution in [2.45, 2.75) is 66.0 Å². The van der Waals surface area contributed by atoms with Gasteiger partial charge in [-0.1, -0.05) is 18.2 Å². The first kappa shape index (κ1) is 23.0. The molecule has 2 aromatic heterocycles. The number of benzene rings is 1. The third-order valence-corrected chi connectivity index (χ3v) is 5.86. The van der Waals surface area contributed by atoms with E-state index in [0.29, 0.717) is 13.1 Å². The van der Waals surface area contributed by atoms with Gasteiger partial charge in [-0.25, -0.2) is 4.98 Å². The van der Waals surface area contributed by atoms with E-state index in [-0.39, 0.29) is 24.2 Å². The first-order valence-electron chi connectivity index (χ1n) is 11.7. The van der Waals surface area contributed by atoms with Crippen LogP contribution in [0.3, 0.4) is 0 Å². The number of carbonyl (C=O) groups is 2. The van der Waals surface area contributed by atoms with Crippen molar-refractivity contribution in [1.82, 2.24) is 14.5 Å². The minimum absolute atomic E-state index is 0.176. The number of esters is 1. The molecule has 1 aliphatic rings. The smallest absolute Gasteiger partial charge is 0.310 e. The number of ether oxygens (including phenoxy) is 1. The van der Waals surface area contributed by atoms with Crippen LogP contribution in [0.4, 0.5) is 0 Å². The summed E-state index contributed by atoms with van der Waals surface area (Å²) in [5.41, 5.74) is 4.08. The molecule has 1 saturated carbocycles. The Morgan fingerprint density at radius 3 is 2.52 bits per heavy atom. The van der Waals surface area contributed by atoms with E-state index in [1.165, 1.54) is 0 Å². The molecule has 0 aliphatic heterocycles. The molecule has 0 unspecified atom stereocenters. The van der Waals surface area contributed by atoms with Crippen molar-refractivity contribution in [3.05, 3.63) is 59.4 Å². The lowest BCUT2D eigenvalue weighted by Gasteiger charge is -2.23. The fourth-order valence-electron chi connectivity index (χ4n) is 4.14. The van der Waals surface area contributed by atoms with Crippen LogP contribution in [0.1, 0.15) is 57.4 Å². The molecular formula is C27H33N3O3. The second kappa shape index (κ2) is 9.00. The van der Waals surface area contributed by atoms with E-state index in [0.717, 1.165) is 46.4 Å². The molecule has 1 aromatic carbocycles. The Balaban J connectivity index is 1.73. The van der Waals surface area contributed by atoms with Crippen LogP contribution < -0.4 is 0 Å². The van der Waals surface area contributed by atoms with Crippen molar-refractivity contribution in [1.29, 1.82) is 0 Å². The number of carbonyl (C=O) groups excluding carboxylic acids is 2. The molecule has 4 rings (SSSR count). The topological polar surface area (TPSA) is 64.4 Å². The van der Waals surface area contributed by atoms with Gasteiger partial charge in [0.1, 0.15) is 11.2 Å². The maximum atomic E-state index is 12.7. The zero-order valence-corrected chi connectivity index (χ0v) is 20.2. The summed E-state index contributed by atoms with van der Waals surface area (Å²) in [6.07, 6.45) is 4.15. The predicted octanol–water partition coefficient (Wildman–Crippen LogP) is 4.98. The van der Waals surface area contributed by atoms with Crippen LogP contribution in [-0.2, 0) is 27.3 Å². The molecule has 0 bridgehead atoms. The first-order chi connectivity index (χ1) is 15.7. The van der Waals surface area contributed by atoms with Crippen LogP contribution in [0.5, 0.6) is 0 Å². The number of para-hydroxylation sites is 1. The highest BCUT2D eigenvalue weighted by Crippen LogP contribution is 2.32. The summed E-state index contributed by atoms with van der Waals surface area (Å²) in [4.78, 5) is 32.1. The molecule has 1 amide bonds. The molecule has 2 heterocycles. The van der Waals surface area contributed by atoms with Gasteiger partial charge in [0.25, 0.3) is 0 Å². The first-order valence-corrected chi connectivity index (χ1v) is 11.7. The third kappa shape index (κ3) is 5.27. The molecule has 6 nitrogen and oxygen atoms in total. The van der Waals surface area contributed by atoms with Gasteiger partial charge >= 0.3 is 5.97 Å². The van der Waals surface area contributed by atoms with E-state index >= 15 is 0 Å². The molecule has 6 heteroatoms. The SMILES string of the molecule is CCN(Cc1ccccc1-n1cc(CC(=O)OC(C)(C)C)c2ccc(C)nc21)C(=O)C1CC1. The molecule has 1 fully saturated rings. The molecule has 174 valence electrons. The van der Waals surface area contributed by atoms with Crippen molar-refractivity contribution in [2.75, 3.05) is 6.54 Å². The Kier molecular flexibility index (Phi) is 6.28. The largest absolute Gasteiger partial charge is 0.460 e. The Hall–Kier alpha value is -3.15. The van der Waals surface area contributed by atoms with Crippen LogP contribution in [0.25, 0.3) is 16.7 Å². The Morgan fingerprint density at radius 1 is 1.12 bits per heavy atom. The highest BCUT2D eigenvalue weighted by Gasteiger charge is 2.33. The average Bonchev–Trinajstić information content (AvgIpc) is 3.54. The van der Waals surface area contributed by atoms with E-state index in [1.54, 1.807) is 0 Å². The molecule has 3 aromatic rings. The van der Waals surface area contributed by atoms with E-state index in [4.69, 9.17) is 9.72 Å². The molecule has 33 heavy (non-hydrogen) atoms. The van der Waals surface area contributed by atoms with Crippen molar-refractivity contribution < 1.29 is 14.3 Å². The number of nitrogens with zero attached hydrogens (tertiary/aromatic N) is 3. The van der Waals surface area contributed by atoms with Gasteiger partial charge in [-0.3, -0.25) is 9.59 Å². The number of hydrogen-bond acceptors (Lipinski definition) is 4. The predicted molar refractivity (Wildman–Crippen MR) is 129 cm³/mol. The zero-order chi connectivity index (χ0) is 23.8. The number of fused-ring (bicyclic) bond motifs is 1. The lowest BCUT2D eigenvalue weighted by atomic mass is 10.1. The highest BCUT2D eigenvalue weighted by atomic mass is 16.6. The molecule has 0 spiro atoms. The minimum atomic E-state index is -0.533. The number of hydrogen-bond donors (Lipinski definition) is 0. The summed E-state index contributed by atoms with van der Waals surface area (Å²) in [6, 6.07) is 12.1. The Bertz CT molecular complexity index is 1190. The number of amides is 1. The number of aromatic nitrogens is 2. The van der Waals surface area contributed by atoms with Gasteiger partial charge < -0.3 is 14.2 Å². The van der Waals surface area contributed by atoms with Gasteiger partial charge in [-0.2, -0.15) is 0 Å². The highest BCUT2D eigenvalue weighted by molar-refractivity contribution is 5.87. The van der Waals surface area contributed by atoms with Crippen molar-refractivity contribution in [2.24, 2.45) is 5.92 Å². The maximum absolute atomic E-state index is 12.7. The maximum Gasteiger partial charge on any atom is 0.310 e. The van der Waals surface area contributed by atoms with E-state index in [1.807, 2.05) is 80.6 Å². The lowest BCUT2D eigenvalue weighted by molar-refractivity contribution is -0.153. The van der Waals surface area contributed by atoms with Gasteiger partial charge in [0.15, 0.2) is 0 Å². The molecule has 0 saturated heterocycles. The summed E-state index contributed by atoms with van der Waals surface area (Å²) < 4.78 is 7.61. The summed E-state index contributed by atoms with van der Waals surface area (Å²) in [5, 5.41) is 0.933. The van der Waals surface area contributed by atoms with Gasteiger partial charge in [-0.05, 0) is 76.8 Å². The van der Waals surface area contributed by atoms with Crippen LogP contribution in [0.2, 0.25) is 0 Å². The fourth-order valence-corrected chi connectivity index (χ4v) is 4.14. The van der Waals surface area contributed by atoms with E-state index in [2.05, 4.69) is 6.07 Å². The molecule has 1 aliphatic carbocycles. The second-order valence-electron chi connectivity index (χ2n) is 9.87. The van der Waals surface area contributed by atoms with Crippen LogP contribution in [0.15, 0.2) is 42.6 Å². The van der Waals surface area contributed by atoms with Crippen molar-refractivity contribution >= 4 is 22.9 Å². The molecule has 0 atom stereocenters. The number of pyridine rings is 1. The number of rotatable bonds is 7. The normalized spacial score (nSPS) is 13.8. The minimum Gasteiger partial charge on any atom is -0.460 e. The monoisotopic (exact) mass is 447 g/mol. The van der Waals surface area contributed by atoms with Crippen molar-refractivity contribution in [3.8, 4) is 5.69 Å². The zero-order valence-electron chi connectivity index (χ0n) is 20.2. The molecule has 0 N–H and O–H groups in total. The molecular weight excluding hydrogens is 414 g/mol. The molecule has 0 radical (unpaired) electrons. The Morgan fingerprint density at radius 2 is 1.85 bits per heavy atom. The summed E-state index contributed by atoms with van der Waals surface area (Å²) >= 11 is 0. The van der Waals surface area contributed by atoms with Gasteiger partial charge in [0.2, 0.25) is 5.91 Å². The Labute approximate surface area is 195 Å². The third-order valence-electron chi connectivity index (χ3n) is 5.86. The fraction of sp³-hybridized carbons (Fsp3) is 0.444. The standard InChI is InChI=1S/C27H33N3O3/c1-6-29(26(32)19-12-13-19)16-20-9-7-8-10-23(20)30-17-21(15-24(31)33-27(3,4)5)22-14-11-18(2)28-25(22)30/h7-11,14,17,19H,6,12-13,15-16H2,1-5H3. The summed E-state index contributed by atoms with van der Waals surface area (Å²) in [6.45, 7) is 10.8. The van der Waals surface area contributed by atoms with E-state index in [9.17, 15) is 9.59 Å². The van der Waals surface area contributed by atoms with E-state index < -0.39 is 5.60 Å². The lowest BCUT2D eigenvalue weighted by Crippen LogP contribution is -2.31. The van der Waals surface area contributed by atoms with Gasteiger partial charge in [0.05, 0.1) is 12.1 Å².